The van der Waals surface area contributed by atoms with Gasteiger partial charge in [0.2, 0.25) is 0 Å². The number of aromatic nitrogens is 2. The third-order valence-corrected chi connectivity index (χ3v) is 3.26. The molecular formula is C12H16BrN3. The van der Waals surface area contributed by atoms with Gasteiger partial charge in [-0.1, -0.05) is 19.9 Å². The average molecular weight is 282 g/mol. The molecule has 0 radical (unpaired) electrons. The van der Waals surface area contributed by atoms with Crippen LogP contribution in [0.2, 0.25) is 0 Å². The minimum atomic E-state index is 0.475. The van der Waals surface area contributed by atoms with Crippen molar-refractivity contribution in [1.29, 1.82) is 0 Å². The van der Waals surface area contributed by atoms with Gasteiger partial charge in [0.15, 0.2) is 0 Å². The number of hydrogen-bond acceptors (Lipinski definition) is 2. The maximum absolute atomic E-state index is 4.64. The molecule has 1 aromatic carbocycles. The van der Waals surface area contributed by atoms with Crippen molar-refractivity contribution < 1.29 is 0 Å². The van der Waals surface area contributed by atoms with E-state index >= 15 is 0 Å². The van der Waals surface area contributed by atoms with Crippen LogP contribution in [0.1, 0.15) is 19.7 Å². The number of nitrogens with zero attached hydrogens (tertiary/aromatic N) is 2. The lowest BCUT2D eigenvalue weighted by Gasteiger charge is -2.07. The van der Waals surface area contributed by atoms with Crippen molar-refractivity contribution in [3.8, 4) is 0 Å². The zero-order valence-electron chi connectivity index (χ0n) is 9.79. The summed E-state index contributed by atoms with van der Waals surface area (Å²) >= 11 is 3.53. The van der Waals surface area contributed by atoms with Gasteiger partial charge >= 0.3 is 0 Å². The van der Waals surface area contributed by atoms with Crippen molar-refractivity contribution in [2.24, 2.45) is 7.05 Å². The molecule has 1 N–H and O–H groups in total. The first-order valence-electron chi connectivity index (χ1n) is 5.43. The number of fused-ring (bicyclic) bond motifs is 1. The molecule has 0 unspecified atom stereocenters. The van der Waals surface area contributed by atoms with E-state index in [2.05, 4.69) is 57.8 Å². The highest BCUT2D eigenvalue weighted by molar-refractivity contribution is 9.10. The van der Waals surface area contributed by atoms with Crippen molar-refractivity contribution >= 4 is 27.0 Å². The van der Waals surface area contributed by atoms with Gasteiger partial charge in [-0.2, -0.15) is 0 Å². The predicted molar refractivity (Wildman–Crippen MR) is 70.4 cm³/mol. The lowest BCUT2D eigenvalue weighted by atomic mass is 10.3. The van der Waals surface area contributed by atoms with Crippen LogP contribution in [0.4, 0.5) is 0 Å². The lowest BCUT2D eigenvalue weighted by molar-refractivity contribution is 0.563. The number of nitrogens with one attached hydrogen (secondary N) is 1. The van der Waals surface area contributed by atoms with Crippen molar-refractivity contribution in [3.63, 3.8) is 0 Å². The summed E-state index contributed by atoms with van der Waals surface area (Å²) in [6.45, 7) is 5.08. The highest BCUT2D eigenvalue weighted by Crippen LogP contribution is 2.23. The van der Waals surface area contributed by atoms with Crippen LogP contribution in [-0.2, 0) is 13.6 Å². The maximum atomic E-state index is 4.64. The quantitative estimate of drug-likeness (QED) is 0.938. The summed E-state index contributed by atoms with van der Waals surface area (Å²) in [6.07, 6.45) is 0. The molecule has 0 atom stereocenters. The van der Waals surface area contributed by atoms with Crippen LogP contribution in [0.5, 0.6) is 0 Å². The Morgan fingerprint density at radius 2 is 2.19 bits per heavy atom. The van der Waals surface area contributed by atoms with Crippen LogP contribution in [0.15, 0.2) is 22.7 Å². The summed E-state index contributed by atoms with van der Waals surface area (Å²) in [5, 5.41) is 3.38. The molecule has 2 rings (SSSR count). The van der Waals surface area contributed by atoms with Crippen LogP contribution in [0, 0.1) is 0 Å². The van der Waals surface area contributed by atoms with Crippen LogP contribution < -0.4 is 5.32 Å². The Labute approximate surface area is 104 Å². The van der Waals surface area contributed by atoms with Crippen molar-refractivity contribution in [3.05, 3.63) is 28.5 Å². The minimum Gasteiger partial charge on any atom is -0.330 e. The lowest BCUT2D eigenvalue weighted by Crippen LogP contribution is -2.23. The number of halogens is 1. The number of para-hydroxylation sites is 1. The molecule has 0 fully saturated rings. The molecule has 0 aliphatic heterocycles. The van der Waals surface area contributed by atoms with E-state index in [9.17, 15) is 0 Å². The first-order chi connectivity index (χ1) is 7.59. The number of imidazole rings is 1. The molecule has 0 amide bonds. The molecule has 1 heterocycles. The largest absolute Gasteiger partial charge is 0.330 e. The van der Waals surface area contributed by atoms with Gasteiger partial charge in [0.1, 0.15) is 11.3 Å². The van der Waals surface area contributed by atoms with Gasteiger partial charge < -0.3 is 9.88 Å². The highest BCUT2D eigenvalue weighted by atomic mass is 79.9. The van der Waals surface area contributed by atoms with Crippen LogP contribution in [0.25, 0.3) is 11.0 Å². The second-order valence-electron chi connectivity index (χ2n) is 4.23. The van der Waals surface area contributed by atoms with Crippen molar-refractivity contribution in [1.82, 2.24) is 14.9 Å². The Morgan fingerprint density at radius 1 is 1.44 bits per heavy atom. The smallest absolute Gasteiger partial charge is 0.123 e. The fourth-order valence-corrected chi connectivity index (χ4v) is 2.13. The first kappa shape index (κ1) is 11.6. The molecule has 0 saturated carbocycles. The maximum Gasteiger partial charge on any atom is 0.123 e. The molecule has 2 aromatic rings. The number of rotatable bonds is 3. The molecular weight excluding hydrogens is 266 g/mol. The summed E-state index contributed by atoms with van der Waals surface area (Å²) < 4.78 is 3.19. The molecule has 16 heavy (non-hydrogen) atoms. The van der Waals surface area contributed by atoms with Crippen LogP contribution >= 0.6 is 15.9 Å². The fourth-order valence-electron chi connectivity index (χ4n) is 1.68. The Hall–Kier alpha value is -0.870. The van der Waals surface area contributed by atoms with Gasteiger partial charge in [0.25, 0.3) is 0 Å². The number of aryl methyl sites for hydroxylation is 1. The standard InChI is InChI=1S/C12H16BrN3/c1-8(2)14-7-11-15-12-9(13)5-4-6-10(12)16(11)3/h4-6,8,14H,7H2,1-3H3. The van der Waals surface area contributed by atoms with E-state index in [0.717, 1.165) is 27.9 Å². The third kappa shape index (κ3) is 2.13. The topological polar surface area (TPSA) is 29.9 Å². The van der Waals surface area contributed by atoms with Gasteiger partial charge in [-0.3, -0.25) is 0 Å². The Balaban J connectivity index is 2.40. The molecule has 3 nitrogen and oxygen atoms in total. The molecule has 4 heteroatoms. The minimum absolute atomic E-state index is 0.475. The fraction of sp³-hybridized carbons (Fsp3) is 0.417. The van der Waals surface area contributed by atoms with E-state index in [-0.39, 0.29) is 0 Å². The summed E-state index contributed by atoms with van der Waals surface area (Å²) in [5.74, 6) is 1.07. The monoisotopic (exact) mass is 281 g/mol. The van der Waals surface area contributed by atoms with E-state index < -0.39 is 0 Å². The molecule has 0 aliphatic rings. The SMILES string of the molecule is CC(C)NCc1nc2c(Br)cccc2n1C. The van der Waals surface area contributed by atoms with Gasteiger partial charge in [-0.15, -0.1) is 0 Å². The Kier molecular flexibility index (Phi) is 3.30. The van der Waals surface area contributed by atoms with E-state index in [1.807, 2.05) is 12.1 Å². The third-order valence-electron chi connectivity index (χ3n) is 2.62. The van der Waals surface area contributed by atoms with E-state index in [1.54, 1.807) is 0 Å². The van der Waals surface area contributed by atoms with Gasteiger partial charge in [0.05, 0.1) is 12.1 Å². The van der Waals surface area contributed by atoms with Crippen LogP contribution in [0.3, 0.4) is 0 Å². The van der Waals surface area contributed by atoms with Gasteiger partial charge in [0, 0.05) is 17.6 Å². The Morgan fingerprint density at radius 3 is 2.81 bits per heavy atom. The molecule has 86 valence electrons. The summed E-state index contributed by atoms with van der Waals surface area (Å²) in [5.41, 5.74) is 2.19. The zero-order valence-corrected chi connectivity index (χ0v) is 11.4. The number of hydrogen-bond donors (Lipinski definition) is 1. The molecule has 0 aliphatic carbocycles. The zero-order chi connectivity index (χ0) is 11.7. The summed E-state index contributed by atoms with van der Waals surface area (Å²) in [7, 11) is 2.05. The molecule has 1 aromatic heterocycles. The second-order valence-corrected chi connectivity index (χ2v) is 5.08. The van der Waals surface area contributed by atoms with Gasteiger partial charge in [-0.05, 0) is 28.1 Å². The molecule has 0 bridgehead atoms. The first-order valence-corrected chi connectivity index (χ1v) is 6.22. The highest BCUT2D eigenvalue weighted by Gasteiger charge is 2.09. The summed E-state index contributed by atoms with van der Waals surface area (Å²) in [6, 6.07) is 6.62. The van der Waals surface area contributed by atoms with Crippen molar-refractivity contribution in [2.45, 2.75) is 26.4 Å². The van der Waals surface area contributed by atoms with E-state index in [1.165, 1.54) is 0 Å². The predicted octanol–water partition coefficient (Wildman–Crippen LogP) is 2.83. The molecule has 0 saturated heterocycles. The normalized spacial score (nSPS) is 11.6. The van der Waals surface area contributed by atoms with E-state index in [4.69, 9.17) is 0 Å². The Bertz CT molecular complexity index is 502. The second kappa shape index (κ2) is 4.55. The molecule has 0 spiro atoms. The number of benzene rings is 1. The van der Waals surface area contributed by atoms with Crippen molar-refractivity contribution in [2.75, 3.05) is 0 Å². The van der Waals surface area contributed by atoms with E-state index in [0.29, 0.717) is 6.04 Å². The average Bonchev–Trinajstić information content (AvgIpc) is 2.55. The van der Waals surface area contributed by atoms with Crippen LogP contribution in [-0.4, -0.2) is 15.6 Å². The van der Waals surface area contributed by atoms with Gasteiger partial charge in [-0.25, -0.2) is 4.98 Å². The summed E-state index contributed by atoms with van der Waals surface area (Å²) in [4.78, 5) is 4.64.